The Kier molecular flexibility index (Phi) is 6.38. The molecule has 1 spiro atoms. The fourth-order valence-electron chi connectivity index (χ4n) is 3.32. The maximum Gasteiger partial charge on any atom is 0.193 e. The van der Waals surface area contributed by atoms with Gasteiger partial charge < -0.3 is 10.2 Å². The topological polar surface area (TPSA) is 27.6 Å². The minimum absolute atomic E-state index is 0. The normalized spacial score (nSPS) is 20.3. The quantitative estimate of drug-likeness (QED) is 0.397. The maximum atomic E-state index is 4.46. The summed E-state index contributed by atoms with van der Waals surface area (Å²) in [5.74, 6) is 1.09. The zero-order valence-electron chi connectivity index (χ0n) is 12.4. The van der Waals surface area contributed by atoms with Crippen molar-refractivity contribution in [1.29, 1.82) is 0 Å². The predicted octanol–water partition coefficient (Wildman–Crippen LogP) is 4.12. The number of aliphatic imine (C=N–C) groups is 1. The number of guanidine groups is 1. The van der Waals surface area contributed by atoms with E-state index in [-0.39, 0.29) is 24.0 Å². The van der Waals surface area contributed by atoms with Gasteiger partial charge in [-0.2, -0.15) is 0 Å². The molecule has 0 amide bonds. The van der Waals surface area contributed by atoms with E-state index in [1.54, 1.807) is 0 Å². The van der Waals surface area contributed by atoms with Crippen LogP contribution in [0.2, 0.25) is 0 Å². The van der Waals surface area contributed by atoms with E-state index in [9.17, 15) is 0 Å². The fraction of sp³-hybridized carbons (Fsp3) is 0.667. The van der Waals surface area contributed by atoms with Gasteiger partial charge in [0.15, 0.2) is 5.96 Å². The third-order valence-corrected chi connectivity index (χ3v) is 6.33. The molecular weight excluding hydrogens is 461 g/mol. The first-order valence-corrected chi connectivity index (χ1v) is 9.02. The average molecular weight is 484 g/mol. The summed E-state index contributed by atoms with van der Waals surface area (Å²) in [7, 11) is 1.90. The van der Waals surface area contributed by atoms with Crippen LogP contribution in [0.5, 0.6) is 0 Å². The highest BCUT2D eigenvalue weighted by atomic mass is 127. The van der Waals surface area contributed by atoms with Crippen LogP contribution in [0, 0.1) is 5.41 Å². The molecule has 1 aromatic rings. The van der Waals surface area contributed by atoms with Gasteiger partial charge in [0.1, 0.15) is 0 Å². The summed E-state index contributed by atoms with van der Waals surface area (Å²) in [6.45, 7) is 3.34. The highest BCUT2D eigenvalue weighted by molar-refractivity contribution is 14.0. The van der Waals surface area contributed by atoms with Crippen LogP contribution in [0.4, 0.5) is 0 Å². The second-order valence-corrected chi connectivity index (χ2v) is 8.50. The lowest BCUT2D eigenvalue weighted by atomic mass is 9.68. The Morgan fingerprint density at radius 1 is 1.43 bits per heavy atom. The van der Waals surface area contributed by atoms with Crippen LogP contribution in [0.15, 0.2) is 20.9 Å². The molecule has 118 valence electrons. The molecule has 1 saturated heterocycles. The van der Waals surface area contributed by atoms with Crippen molar-refractivity contribution in [2.75, 3.05) is 26.7 Å². The Balaban J connectivity index is 0.00000161. The summed E-state index contributed by atoms with van der Waals surface area (Å²) in [5.41, 5.74) is 0.635. The number of nitrogens with one attached hydrogen (secondary N) is 1. The standard InChI is InChI=1S/C15H22BrN3S.HI/c1-17-14(18-9-5-12-3-4-13(16)20-12)19-10-8-15(11-19)6-2-7-15;/h3-4H,2,5-11H2,1H3,(H,17,18);1H. The molecule has 1 aromatic heterocycles. The summed E-state index contributed by atoms with van der Waals surface area (Å²) >= 11 is 5.33. The van der Waals surface area contributed by atoms with Crippen LogP contribution in [-0.2, 0) is 6.42 Å². The molecule has 2 heterocycles. The van der Waals surface area contributed by atoms with E-state index in [0.717, 1.165) is 18.9 Å². The molecule has 1 aliphatic carbocycles. The molecule has 3 rings (SSSR count). The molecule has 1 saturated carbocycles. The minimum Gasteiger partial charge on any atom is -0.356 e. The third-order valence-electron chi connectivity index (χ3n) is 4.65. The van der Waals surface area contributed by atoms with Gasteiger partial charge in [0, 0.05) is 31.6 Å². The highest BCUT2D eigenvalue weighted by Gasteiger charge is 2.43. The van der Waals surface area contributed by atoms with E-state index < -0.39 is 0 Å². The molecule has 0 aromatic carbocycles. The second-order valence-electron chi connectivity index (χ2n) is 5.95. The number of thiophene rings is 1. The molecule has 0 atom stereocenters. The number of halogens is 2. The van der Waals surface area contributed by atoms with Crippen LogP contribution >= 0.6 is 51.2 Å². The monoisotopic (exact) mass is 483 g/mol. The Morgan fingerprint density at radius 2 is 2.24 bits per heavy atom. The highest BCUT2D eigenvalue weighted by Crippen LogP contribution is 2.47. The van der Waals surface area contributed by atoms with Gasteiger partial charge in [-0.25, -0.2) is 0 Å². The second kappa shape index (κ2) is 7.64. The van der Waals surface area contributed by atoms with Gasteiger partial charge >= 0.3 is 0 Å². The van der Waals surface area contributed by atoms with Gasteiger partial charge in [0.25, 0.3) is 0 Å². The first-order valence-electron chi connectivity index (χ1n) is 7.41. The molecule has 0 unspecified atom stereocenters. The molecule has 0 bridgehead atoms. The third kappa shape index (κ3) is 4.13. The molecule has 2 aliphatic rings. The Labute approximate surface area is 156 Å². The zero-order valence-corrected chi connectivity index (χ0v) is 17.1. The summed E-state index contributed by atoms with van der Waals surface area (Å²) in [6, 6.07) is 4.31. The van der Waals surface area contributed by atoms with Crippen molar-refractivity contribution in [3.63, 3.8) is 0 Å². The van der Waals surface area contributed by atoms with E-state index in [1.165, 1.54) is 47.4 Å². The van der Waals surface area contributed by atoms with Crippen molar-refractivity contribution in [2.45, 2.75) is 32.1 Å². The van der Waals surface area contributed by atoms with Gasteiger partial charge in [-0.05, 0) is 59.2 Å². The van der Waals surface area contributed by atoms with Crippen LogP contribution in [-0.4, -0.2) is 37.5 Å². The molecule has 3 nitrogen and oxygen atoms in total. The van der Waals surface area contributed by atoms with Crippen LogP contribution in [0.1, 0.15) is 30.6 Å². The summed E-state index contributed by atoms with van der Waals surface area (Å²) in [4.78, 5) is 8.32. The molecule has 21 heavy (non-hydrogen) atoms. The zero-order chi connectivity index (χ0) is 14.0. The van der Waals surface area contributed by atoms with Crippen molar-refractivity contribution >= 4 is 57.2 Å². The predicted molar refractivity (Wildman–Crippen MR) is 105 cm³/mol. The van der Waals surface area contributed by atoms with Gasteiger partial charge in [0.05, 0.1) is 3.79 Å². The lowest BCUT2D eigenvalue weighted by Crippen LogP contribution is -2.43. The van der Waals surface area contributed by atoms with E-state index in [1.807, 2.05) is 18.4 Å². The van der Waals surface area contributed by atoms with E-state index in [2.05, 4.69) is 43.3 Å². The molecule has 1 aliphatic heterocycles. The Hall–Kier alpha value is 0.180. The largest absolute Gasteiger partial charge is 0.356 e. The van der Waals surface area contributed by atoms with Crippen molar-refractivity contribution < 1.29 is 0 Å². The lowest BCUT2D eigenvalue weighted by Gasteiger charge is -2.38. The van der Waals surface area contributed by atoms with Crippen molar-refractivity contribution in [3.8, 4) is 0 Å². The number of likely N-dealkylation sites (tertiary alicyclic amines) is 1. The summed E-state index contributed by atoms with van der Waals surface area (Å²) in [5, 5.41) is 3.52. The first-order chi connectivity index (χ1) is 9.71. The molecule has 2 fully saturated rings. The van der Waals surface area contributed by atoms with Crippen molar-refractivity contribution in [3.05, 3.63) is 20.8 Å². The Morgan fingerprint density at radius 3 is 2.76 bits per heavy atom. The van der Waals surface area contributed by atoms with Crippen molar-refractivity contribution in [1.82, 2.24) is 10.2 Å². The first kappa shape index (κ1) is 17.5. The number of hydrogen-bond donors (Lipinski definition) is 1. The van der Waals surface area contributed by atoms with E-state index in [4.69, 9.17) is 0 Å². The molecular formula is C15H23BrIN3S. The Bertz CT molecular complexity index is 499. The van der Waals surface area contributed by atoms with Gasteiger partial charge in [0.2, 0.25) is 0 Å². The van der Waals surface area contributed by atoms with Crippen LogP contribution < -0.4 is 5.32 Å². The van der Waals surface area contributed by atoms with Crippen LogP contribution in [0.3, 0.4) is 0 Å². The molecule has 0 radical (unpaired) electrons. The smallest absolute Gasteiger partial charge is 0.193 e. The lowest BCUT2D eigenvalue weighted by molar-refractivity contribution is 0.151. The SMILES string of the molecule is CN=C(NCCc1ccc(Br)s1)N1CCC2(CCC2)C1.I. The average Bonchev–Trinajstić information content (AvgIpc) is 3.01. The fourth-order valence-corrected chi connectivity index (χ4v) is 4.80. The van der Waals surface area contributed by atoms with Gasteiger partial charge in [-0.15, -0.1) is 35.3 Å². The summed E-state index contributed by atoms with van der Waals surface area (Å²) in [6.07, 6.45) is 6.68. The van der Waals surface area contributed by atoms with E-state index in [0.29, 0.717) is 5.41 Å². The van der Waals surface area contributed by atoms with E-state index >= 15 is 0 Å². The molecule has 1 N–H and O–H groups in total. The molecule has 6 heteroatoms. The summed E-state index contributed by atoms with van der Waals surface area (Å²) < 4.78 is 1.21. The number of rotatable bonds is 3. The van der Waals surface area contributed by atoms with Gasteiger partial charge in [-0.1, -0.05) is 6.42 Å². The van der Waals surface area contributed by atoms with Crippen LogP contribution in [0.25, 0.3) is 0 Å². The van der Waals surface area contributed by atoms with Gasteiger partial charge in [-0.3, -0.25) is 4.99 Å². The number of hydrogen-bond acceptors (Lipinski definition) is 2. The van der Waals surface area contributed by atoms with Crippen molar-refractivity contribution in [2.24, 2.45) is 10.4 Å². The maximum absolute atomic E-state index is 4.46. The minimum atomic E-state index is 0. The number of nitrogens with zero attached hydrogens (tertiary/aromatic N) is 2.